The van der Waals surface area contributed by atoms with Gasteiger partial charge in [-0.1, -0.05) is 54.2 Å². The average Bonchev–Trinajstić information content (AvgIpc) is 3.00. The van der Waals surface area contributed by atoms with Crippen molar-refractivity contribution in [3.05, 3.63) is 89.5 Å². The molecular weight excluding hydrogens is 521 g/mol. The zero-order valence-electron chi connectivity index (χ0n) is 24.8. The number of benzene rings is 3. The molecule has 8 heteroatoms. The Morgan fingerprint density at radius 2 is 1.63 bits per heavy atom. The molecule has 0 saturated heterocycles. The smallest absolute Gasteiger partial charge is 0.258 e. The van der Waals surface area contributed by atoms with Crippen LogP contribution in [0.5, 0.6) is 5.75 Å². The molecule has 1 aliphatic heterocycles. The number of halogens is 1. The fourth-order valence-corrected chi connectivity index (χ4v) is 4.15. The summed E-state index contributed by atoms with van der Waals surface area (Å²) < 4.78 is 18.6. The molecule has 7 nitrogen and oxygen atoms in total. The number of ether oxygens (including phenoxy) is 1. The number of hydrogen-bond acceptors (Lipinski definition) is 4. The molecule has 1 N–H and O–H groups in total. The van der Waals surface area contributed by atoms with Crippen molar-refractivity contribution >= 4 is 29.1 Å². The summed E-state index contributed by atoms with van der Waals surface area (Å²) in [4.78, 5) is 36.7. The van der Waals surface area contributed by atoms with E-state index in [0.29, 0.717) is 30.9 Å². The average molecular weight is 564 g/mol. The van der Waals surface area contributed by atoms with Gasteiger partial charge in [0.15, 0.2) is 0 Å². The predicted molar refractivity (Wildman–Crippen MR) is 163 cm³/mol. The number of fused-ring (bicyclic) bond motifs is 1. The summed E-state index contributed by atoms with van der Waals surface area (Å²) >= 11 is 0. The third kappa shape index (κ3) is 10.7. The summed E-state index contributed by atoms with van der Waals surface area (Å²) in [6.07, 6.45) is 2.49. The number of hydrogen-bond donors (Lipinski definition) is 1. The number of carbonyl (C=O) groups is 3. The first kappa shape index (κ1) is 33.0. The second-order valence-corrected chi connectivity index (χ2v) is 9.28. The Labute approximate surface area is 243 Å². The van der Waals surface area contributed by atoms with Crippen LogP contribution in [0.1, 0.15) is 68.4 Å². The minimum Gasteiger partial charge on any atom is -0.494 e. The highest BCUT2D eigenvalue weighted by molar-refractivity contribution is 6.06. The molecule has 3 aromatic rings. The van der Waals surface area contributed by atoms with Crippen LogP contribution in [0, 0.1) is 6.92 Å². The van der Waals surface area contributed by atoms with Crippen LogP contribution in [0.3, 0.4) is 0 Å². The Balaban J connectivity index is 0.000000378. The maximum absolute atomic E-state index is 13.0. The summed E-state index contributed by atoms with van der Waals surface area (Å²) in [5.41, 5.74) is 4.83. The van der Waals surface area contributed by atoms with E-state index in [2.05, 4.69) is 11.4 Å². The summed E-state index contributed by atoms with van der Waals surface area (Å²) in [5.74, 6) is 0.0326. The van der Waals surface area contributed by atoms with E-state index in [9.17, 15) is 18.9 Å². The monoisotopic (exact) mass is 563 g/mol. The molecule has 220 valence electrons. The fraction of sp³-hybridized carbons (Fsp3) is 0.364. The maximum Gasteiger partial charge on any atom is 0.258 e. The highest BCUT2D eigenvalue weighted by Crippen LogP contribution is 2.28. The van der Waals surface area contributed by atoms with Crippen LogP contribution >= 0.6 is 0 Å². The molecule has 0 unspecified atom stereocenters. The highest BCUT2D eigenvalue weighted by atomic mass is 19.2. The molecule has 3 amide bonds. The number of nitrogens with one attached hydrogen (secondary N) is 1. The molecule has 41 heavy (non-hydrogen) atoms. The van der Waals surface area contributed by atoms with E-state index in [1.165, 1.54) is 18.1 Å². The number of nitrogens with zero attached hydrogens (tertiary/aromatic N) is 2. The minimum absolute atomic E-state index is 0.0214. The van der Waals surface area contributed by atoms with Crippen LogP contribution in [0.2, 0.25) is 0 Å². The van der Waals surface area contributed by atoms with Crippen molar-refractivity contribution < 1.29 is 23.6 Å². The van der Waals surface area contributed by atoms with Gasteiger partial charge in [-0.05, 0) is 81.1 Å². The Kier molecular flexibility index (Phi) is 14.1. The maximum atomic E-state index is 13.0. The first-order valence-electron chi connectivity index (χ1n) is 14.2. The standard InChI is InChI=1S/C22H25FN2O3.C9H11NO.C2H6/c1-2-25(23)21(26)10-6-16-28-19-13-11-18(12-14-19)22(27)24-15-5-8-17-7-3-4-9-20(17)24;1-7-3-5-9(6-4-7)10-8(2)11;1-2/h3-4,7,9,11-14H,2,5-6,8,10,15-16H2,1H3;3-6H,1-2H3,(H,10,11);1-2H3. The first-order chi connectivity index (χ1) is 19.8. The molecule has 0 saturated carbocycles. The largest absolute Gasteiger partial charge is 0.494 e. The second-order valence-electron chi connectivity index (χ2n) is 9.28. The van der Waals surface area contributed by atoms with Crippen molar-refractivity contribution in [1.29, 1.82) is 0 Å². The Morgan fingerprint density at radius 3 is 2.27 bits per heavy atom. The molecule has 0 radical (unpaired) electrons. The van der Waals surface area contributed by atoms with Crippen molar-refractivity contribution in [2.75, 3.05) is 29.9 Å². The fourth-order valence-electron chi connectivity index (χ4n) is 4.15. The van der Waals surface area contributed by atoms with Gasteiger partial charge in [-0.3, -0.25) is 14.4 Å². The second kappa shape index (κ2) is 17.5. The molecule has 0 fully saturated rings. The number of aryl methyl sites for hydroxylation is 2. The Bertz CT molecular complexity index is 1250. The third-order valence-corrected chi connectivity index (χ3v) is 6.18. The van der Waals surface area contributed by atoms with Crippen LogP contribution < -0.4 is 15.0 Å². The van der Waals surface area contributed by atoms with Crippen LogP contribution in [0.4, 0.5) is 15.9 Å². The van der Waals surface area contributed by atoms with Gasteiger partial charge in [0.05, 0.1) is 13.2 Å². The molecule has 0 atom stereocenters. The van der Waals surface area contributed by atoms with Gasteiger partial charge in [0, 0.05) is 36.8 Å². The number of rotatable bonds is 8. The Morgan fingerprint density at radius 1 is 0.976 bits per heavy atom. The first-order valence-corrected chi connectivity index (χ1v) is 14.2. The van der Waals surface area contributed by atoms with E-state index in [1.54, 1.807) is 31.2 Å². The molecule has 1 aliphatic rings. The van der Waals surface area contributed by atoms with Crippen molar-refractivity contribution in [1.82, 2.24) is 5.12 Å². The van der Waals surface area contributed by atoms with E-state index in [-0.39, 0.29) is 29.9 Å². The topological polar surface area (TPSA) is 79.0 Å². The van der Waals surface area contributed by atoms with Crippen molar-refractivity contribution in [3.63, 3.8) is 0 Å². The van der Waals surface area contributed by atoms with Crippen LogP contribution in [-0.4, -0.2) is 42.5 Å². The van der Waals surface area contributed by atoms with E-state index in [4.69, 9.17) is 4.74 Å². The van der Waals surface area contributed by atoms with Crippen molar-refractivity contribution in [2.24, 2.45) is 0 Å². The molecule has 4 rings (SSSR count). The molecule has 0 aromatic heterocycles. The number of para-hydroxylation sites is 1. The lowest BCUT2D eigenvalue weighted by molar-refractivity contribution is -0.146. The van der Waals surface area contributed by atoms with E-state index in [1.807, 2.05) is 68.1 Å². The normalized spacial score (nSPS) is 11.5. The quantitative estimate of drug-likeness (QED) is 0.233. The lowest BCUT2D eigenvalue weighted by Crippen LogP contribution is -2.35. The molecule has 0 aliphatic carbocycles. The molecular formula is C33H42FN3O4. The molecule has 3 aromatic carbocycles. The van der Waals surface area contributed by atoms with Gasteiger partial charge in [0.2, 0.25) is 11.8 Å². The van der Waals surface area contributed by atoms with E-state index in [0.717, 1.165) is 24.2 Å². The lowest BCUT2D eigenvalue weighted by Gasteiger charge is -2.29. The Hall–Kier alpha value is -4.20. The van der Waals surface area contributed by atoms with Crippen molar-refractivity contribution in [2.45, 2.75) is 60.3 Å². The minimum atomic E-state index is -0.533. The number of anilines is 2. The van der Waals surface area contributed by atoms with Gasteiger partial charge < -0.3 is 15.0 Å². The van der Waals surface area contributed by atoms with Gasteiger partial charge in [-0.25, -0.2) is 0 Å². The van der Waals surface area contributed by atoms with Gasteiger partial charge in [-0.2, -0.15) is 5.12 Å². The number of amides is 3. The predicted octanol–water partition coefficient (Wildman–Crippen LogP) is 7.15. The highest BCUT2D eigenvalue weighted by Gasteiger charge is 2.23. The summed E-state index contributed by atoms with van der Waals surface area (Å²) in [6.45, 7) is 10.2. The number of carbonyl (C=O) groups excluding carboxylic acids is 3. The van der Waals surface area contributed by atoms with Gasteiger partial charge >= 0.3 is 0 Å². The van der Waals surface area contributed by atoms with Gasteiger partial charge in [-0.15, -0.1) is 0 Å². The van der Waals surface area contributed by atoms with E-state index >= 15 is 0 Å². The van der Waals surface area contributed by atoms with Crippen LogP contribution in [0.15, 0.2) is 72.8 Å². The molecule has 1 heterocycles. The zero-order valence-corrected chi connectivity index (χ0v) is 24.8. The van der Waals surface area contributed by atoms with E-state index < -0.39 is 5.91 Å². The zero-order chi connectivity index (χ0) is 30.2. The molecule has 0 spiro atoms. The van der Waals surface area contributed by atoms with Gasteiger partial charge in [0.25, 0.3) is 5.91 Å². The SMILES string of the molecule is CC.CC(=O)Nc1ccc(C)cc1.CCN(F)C(=O)CCCOc1ccc(C(=O)N2CCCc3ccccc32)cc1. The summed E-state index contributed by atoms with van der Waals surface area (Å²) in [7, 11) is 0. The van der Waals surface area contributed by atoms with Gasteiger partial charge in [0.1, 0.15) is 5.75 Å². The summed E-state index contributed by atoms with van der Waals surface area (Å²) in [5, 5.41) is 2.90. The molecule has 0 bridgehead atoms. The third-order valence-electron chi connectivity index (χ3n) is 6.18. The van der Waals surface area contributed by atoms with Crippen LogP contribution in [0.25, 0.3) is 0 Å². The van der Waals surface area contributed by atoms with Crippen LogP contribution in [-0.2, 0) is 16.0 Å². The summed E-state index contributed by atoms with van der Waals surface area (Å²) in [6, 6.07) is 22.7. The lowest BCUT2D eigenvalue weighted by atomic mass is 10.0. The van der Waals surface area contributed by atoms with Crippen molar-refractivity contribution in [3.8, 4) is 5.75 Å².